The maximum Gasteiger partial charge on any atom is 0.323 e. The van der Waals surface area contributed by atoms with Crippen molar-refractivity contribution in [1.29, 1.82) is 0 Å². The van der Waals surface area contributed by atoms with E-state index in [9.17, 15) is 4.79 Å². The van der Waals surface area contributed by atoms with E-state index in [-0.39, 0.29) is 6.54 Å². The Hall–Kier alpha value is -2.12. The van der Waals surface area contributed by atoms with Crippen molar-refractivity contribution >= 4 is 40.2 Å². The second kappa shape index (κ2) is 5.34. The Bertz CT molecular complexity index is 813. The number of rotatable bonds is 4. The van der Waals surface area contributed by atoms with Gasteiger partial charge in [0.1, 0.15) is 31.6 Å². The summed E-state index contributed by atoms with van der Waals surface area (Å²) in [4.78, 5) is 19.3. The molecular formula is C12H9Cl2N5O2. The number of hydrogen-bond donors (Lipinski definition) is 1. The summed E-state index contributed by atoms with van der Waals surface area (Å²) in [7, 11) is 0. The van der Waals surface area contributed by atoms with Crippen molar-refractivity contribution in [2.75, 3.05) is 0 Å². The molecule has 0 unspecified atom stereocenters. The number of nitrogens with zero attached hydrogens (tertiary/aromatic N) is 5. The lowest BCUT2D eigenvalue weighted by molar-refractivity contribution is -0.137. The van der Waals surface area contributed by atoms with Crippen molar-refractivity contribution in [2.24, 2.45) is 0 Å². The predicted molar refractivity (Wildman–Crippen MR) is 76.5 cm³/mol. The van der Waals surface area contributed by atoms with Crippen LogP contribution in [-0.2, 0) is 17.9 Å². The molecule has 108 valence electrons. The van der Waals surface area contributed by atoms with E-state index in [1.165, 1.54) is 12.7 Å². The molecule has 21 heavy (non-hydrogen) atoms. The van der Waals surface area contributed by atoms with Crippen LogP contribution in [0.2, 0.25) is 10.0 Å². The lowest BCUT2D eigenvalue weighted by Crippen LogP contribution is -2.14. The smallest absolute Gasteiger partial charge is 0.323 e. The van der Waals surface area contributed by atoms with Crippen molar-refractivity contribution in [3.8, 4) is 0 Å². The molecule has 0 amide bonds. The quantitative estimate of drug-likeness (QED) is 0.793. The molecule has 0 saturated heterocycles. The summed E-state index contributed by atoms with van der Waals surface area (Å²) >= 11 is 12.0. The van der Waals surface area contributed by atoms with E-state index >= 15 is 0 Å². The minimum absolute atomic E-state index is 0.224. The third-order valence-electron chi connectivity index (χ3n) is 2.93. The lowest BCUT2D eigenvalue weighted by Gasteiger charge is -2.06. The van der Waals surface area contributed by atoms with Crippen LogP contribution >= 0.6 is 23.2 Å². The Kier molecular flexibility index (Phi) is 3.52. The third-order valence-corrected chi connectivity index (χ3v) is 3.65. The van der Waals surface area contributed by atoms with Crippen LogP contribution in [0.4, 0.5) is 0 Å². The van der Waals surface area contributed by atoms with Gasteiger partial charge in [0.25, 0.3) is 0 Å². The molecule has 0 atom stereocenters. The molecule has 7 nitrogen and oxygen atoms in total. The minimum Gasteiger partial charge on any atom is -0.480 e. The fourth-order valence-corrected chi connectivity index (χ4v) is 2.38. The van der Waals surface area contributed by atoms with Gasteiger partial charge in [-0.15, -0.1) is 0 Å². The first-order valence-corrected chi connectivity index (χ1v) is 6.68. The van der Waals surface area contributed by atoms with Gasteiger partial charge >= 0.3 is 5.97 Å². The summed E-state index contributed by atoms with van der Waals surface area (Å²) < 4.78 is 3.13. The number of carboxylic acid groups (broad SMARTS) is 1. The SMILES string of the molecule is O=C(O)Cn1c(Cn2cncn2)nc2cc(Cl)c(Cl)cc21. The van der Waals surface area contributed by atoms with Crippen LogP contribution in [0.15, 0.2) is 24.8 Å². The van der Waals surface area contributed by atoms with Gasteiger partial charge in [0.15, 0.2) is 0 Å². The Morgan fingerprint density at radius 3 is 2.71 bits per heavy atom. The van der Waals surface area contributed by atoms with E-state index in [0.717, 1.165) is 0 Å². The minimum atomic E-state index is -0.972. The molecule has 1 N–H and O–H groups in total. The molecule has 9 heteroatoms. The first-order chi connectivity index (χ1) is 10.0. The number of benzene rings is 1. The summed E-state index contributed by atoms with van der Waals surface area (Å²) in [6.45, 7) is 0.0791. The number of aromatic nitrogens is 5. The molecule has 0 saturated carbocycles. The summed E-state index contributed by atoms with van der Waals surface area (Å²) in [6, 6.07) is 3.22. The molecule has 3 rings (SSSR count). The Morgan fingerprint density at radius 2 is 2.05 bits per heavy atom. The molecule has 0 radical (unpaired) electrons. The molecule has 2 aromatic heterocycles. The van der Waals surface area contributed by atoms with Gasteiger partial charge in [0.05, 0.1) is 21.1 Å². The highest BCUT2D eigenvalue weighted by Crippen LogP contribution is 2.28. The van der Waals surface area contributed by atoms with Crippen LogP contribution in [0.3, 0.4) is 0 Å². The Labute approximate surface area is 128 Å². The number of imidazole rings is 1. The summed E-state index contributed by atoms with van der Waals surface area (Å²) in [5.74, 6) is -0.434. The van der Waals surface area contributed by atoms with Gasteiger partial charge in [0.2, 0.25) is 0 Å². The summed E-state index contributed by atoms with van der Waals surface area (Å²) in [5.41, 5.74) is 1.20. The van der Waals surface area contributed by atoms with Gasteiger partial charge in [-0.2, -0.15) is 5.10 Å². The molecule has 0 aliphatic rings. The summed E-state index contributed by atoms with van der Waals surface area (Å²) in [6.07, 6.45) is 2.93. The average Bonchev–Trinajstić information content (AvgIpc) is 3.01. The fourth-order valence-electron chi connectivity index (χ4n) is 2.06. The molecular weight excluding hydrogens is 317 g/mol. The topological polar surface area (TPSA) is 85.8 Å². The second-order valence-electron chi connectivity index (χ2n) is 4.36. The van der Waals surface area contributed by atoms with Gasteiger partial charge in [-0.1, -0.05) is 23.2 Å². The van der Waals surface area contributed by atoms with Crippen molar-refractivity contribution < 1.29 is 9.90 Å². The zero-order valence-electron chi connectivity index (χ0n) is 10.6. The monoisotopic (exact) mass is 325 g/mol. The zero-order valence-corrected chi connectivity index (χ0v) is 12.1. The van der Waals surface area contributed by atoms with Crippen LogP contribution in [-0.4, -0.2) is 35.4 Å². The van der Waals surface area contributed by atoms with Crippen molar-refractivity contribution in [2.45, 2.75) is 13.1 Å². The van der Waals surface area contributed by atoms with E-state index in [1.807, 2.05) is 0 Å². The highest BCUT2D eigenvalue weighted by molar-refractivity contribution is 6.42. The van der Waals surface area contributed by atoms with E-state index < -0.39 is 5.97 Å². The Morgan fingerprint density at radius 1 is 1.29 bits per heavy atom. The molecule has 0 spiro atoms. The maximum atomic E-state index is 11.1. The number of aliphatic carboxylic acids is 1. The third kappa shape index (κ3) is 2.70. The number of fused-ring (bicyclic) bond motifs is 1. The van der Waals surface area contributed by atoms with E-state index in [2.05, 4.69) is 15.1 Å². The lowest BCUT2D eigenvalue weighted by atomic mass is 10.3. The van der Waals surface area contributed by atoms with Gasteiger partial charge < -0.3 is 9.67 Å². The Balaban J connectivity index is 2.15. The van der Waals surface area contributed by atoms with E-state index in [0.29, 0.717) is 33.4 Å². The molecule has 3 aromatic rings. The highest BCUT2D eigenvalue weighted by Gasteiger charge is 2.15. The van der Waals surface area contributed by atoms with Crippen LogP contribution < -0.4 is 0 Å². The number of hydrogen-bond acceptors (Lipinski definition) is 4. The van der Waals surface area contributed by atoms with Gasteiger partial charge in [0, 0.05) is 0 Å². The number of carbonyl (C=O) groups is 1. The molecule has 0 aliphatic heterocycles. The predicted octanol–water partition coefficient (Wildman–Crippen LogP) is 2.07. The second-order valence-corrected chi connectivity index (χ2v) is 5.17. The fraction of sp³-hybridized carbons (Fsp3) is 0.167. The number of halogens is 2. The first kappa shape index (κ1) is 13.8. The van der Waals surface area contributed by atoms with E-state index in [1.54, 1.807) is 21.4 Å². The summed E-state index contributed by atoms with van der Waals surface area (Å²) in [5, 5.41) is 13.8. The standard InChI is InChI=1S/C12H9Cl2N5O2/c13-7-1-9-10(2-8(7)14)19(4-12(20)21)11(17-9)3-18-6-15-5-16-18/h1-2,5-6H,3-4H2,(H,20,21). The highest BCUT2D eigenvalue weighted by atomic mass is 35.5. The molecule has 0 aliphatic carbocycles. The molecule has 0 bridgehead atoms. The number of carboxylic acids is 1. The largest absolute Gasteiger partial charge is 0.480 e. The van der Waals surface area contributed by atoms with Gasteiger partial charge in [-0.05, 0) is 12.1 Å². The van der Waals surface area contributed by atoms with Crippen molar-refractivity contribution in [3.63, 3.8) is 0 Å². The first-order valence-electron chi connectivity index (χ1n) is 5.93. The van der Waals surface area contributed by atoms with Crippen LogP contribution in [0.25, 0.3) is 11.0 Å². The van der Waals surface area contributed by atoms with E-state index in [4.69, 9.17) is 28.3 Å². The van der Waals surface area contributed by atoms with Crippen LogP contribution in [0.5, 0.6) is 0 Å². The zero-order chi connectivity index (χ0) is 15.0. The van der Waals surface area contributed by atoms with Gasteiger partial charge in [-0.3, -0.25) is 4.79 Å². The van der Waals surface area contributed by atoms with Crippen LogP contribution in [0, 0.1) is 0 Å². The van der Waals surface area contributed by atoms with Crippen LogP contribution in [0.1, 0.15) is 5.82 Å². The average molecular weight is 326 g/mol. The van der Waals surface area contributed by atoms with Crippen molar-refractivity contribution in [1.82, 2.24) is 24.3 Å². The van der Waals surface area contributed by atoms with Crippen molar-refractivity contribution in [3.05, 3.63) is 40.7 Å². The van der Waals surface area contributed by atoms with Gasteiger partial charge in [-0.25, -0.2) is 14.6 Å². The maximum absolute atomic E-state index is 11.1. The molecule has 0 fully saturated rings. The molecule has 1 aromatic carbocycles. The normalized spacial score (nSPS) is 11.1. The molecule has 2 heterocycles.